The Morgan fingerprint density at radius 3 is 2.61 bits per heavy atom. The Hall–Kier alpha value is -0.890. The number of aromatic nitrogens is 1. The van der Waals surface area contributed by atoms with Gasteiger partial charge in [0.2, 0.25) is 10.0 Å². The van der Waals surface area contributed by atoms with Crippen molar-refractivity contribution in [2.24, 2.45) is 0 Å². The minimum Gasteiger partial charge on any atom is -0.396 e. The average Bonchev–Trinajstić information content (AvgIpc) is 2.20. The molecule has 0 saturated carbocycles. The zero-order chi connectivity index (χ0) is 14.0. The Labute approximate surface area is 110 Å². The first-order chi connectivity index (χ1) is 8.18. The van der Waals surface area contributed by atoms with Crippen LogP contribution < -0.4 is 10.3 Å². The van der Waals surface area contributed by atoms with E-state index in [4.69, 9.17) is 16.7 Å². The van der Waals surface area contributed by atoms with Crippen LogP contribution in [0, 0.1) is 0 Å². The standard InChI is InChI=1S/C10H15ClN2O4S/c1-10(2,3-4-14)13-18(16,17)7-5-8(11)9(15)12-6-7/h5-6,13-14H,3-4H2,1-2H3,(H,12,15). The van der Waals surface area contributed by atoms with E-state index < -0.39 is 21.1 Å². The van der Waals surface area contributed by atoms with Gasteiger partial charge in [0.05, 0.1) is 4.90 Å². The van der Waals surface area contributed by atoms with Crippen molar-refractivity contribution < 1.29 is 13.5 Å². The number of sulfonamides is 1. The van der Waals surface area contributed by atoms with E-state index in [9.17, 15) is 13.2 Å². The van der Waals surface area contributed by atoms with Crippen LogP contribution in [0.15, 0.2) is 22.0 Å². The van der Waals surface area contributed by atoms with E-state index in [2.05, 4.69) is 9.71 Å². The molecule has 8 heteroatoms. The van der Waals surface area contributed by atoms with Crippen LogP contribution in [-0.2, 0) is 10.0 Å². The molecule has 0 radical (unpaired) electrons. The molecule has 0 fully saturated rings. The Morgan fingerprint density at radius 2 is 2.11 bits per heavy atom. The lowest BCUT2D eigenvalue weighted by Gasteiger charge is -2.24. The summed E-state index contributed by atoms with van der Waals surface area (Å²) in [5.41, 5.74) is -1.35. The van der Waals surface area contributed by atoms with Gasteiger partial charge in [0, 0.05) is 18.3 Å². The lowest BCUT2D eigenvalue weighted by molar-refractivity contribution is 0.245. The summed E-state index contributed by atoms with van der Waals surface area (Å²) in [5, 5.41) is 8.65. The lowest BCUT2D eigenvalue weighted by Crippen LogP contribution is -2.44. The van der Waals surface area contributed by atoms with Crippen molar-refractivity contribution >= 4 is 21.6 Å². The molecule has 18 heavy (non-hydrogen) atoms. The molecule has 6 nitrogen and oxygen atoms in total. The van der Waals surface area contributed by atoms with Crippen molar-refractivity contribution in [3.8, 4) is 0 Å². The Balaban J connectivity index is 3.07. The number of hydrogen-bond donors (Lipinski definition) is 3. The van der Waals surface area contributed by atoms with Gasteiger partial charge in [-0.2, -0.15) is 0 Å². The summed E-state index contributed by atoms with van der Waals surface area (Å²) in [5.74, 6) is 0. The second-order valence-electron chi connectivity index (χ2n) is 4.48. The summed E-state index contributed by atoms with van der Waals surface area (Å²) >= 11 is 5.58. The Bertz CT molecular complexity index is 580. The molecule has 0 aromatic carbocycles. The first-order valence-electron chi connectivity index (χ1n) is 5.21. The molecule has 0 amide bonds. The van der Waals surface area contributed by atoms with Crippen LogP contribution in [0.3, 0.4) is 0 Å². The van der Waals surface area contributed by atoms with Gasteiger partial charge in [-0.05, 0) is 26.3 Å². The van der Waals surface area contributed by atoms with E-state index in [-0.39, 0.29) is 22.9 Å². The van der Waals surface area contributed by atoms with Gasteiger partial charge in [0.15, 0.2) is 0 Å². The van der Waals surface area contributed by atoms with Crippen LogP contribution in [0.1, 0.15) is 20.3 Å². The molecule has 1 heterocycles. The highest BCUT2D eigenvalue weighted by Crippen LogP contribution is 2.16. The van der Waals surface area contributed by atoms with Crippen molar-refractivity contribution in [2.75, 3.05) is 6.61 Å². The summed E-state index contributed by atoms with van der Waals surface area (Å²) in [6, 6.07) is 1.08. The number of aromatic amines is 1. The number of hydrogen-bond acceptors (Lipinski definition) is 4. The molecule has 3 N–H and O–H groups in total. The molecule has 0 aliphatic heterocycles. The molecular formula is C10H15ClN2O4S. The lowest BCUT2D eigenvalue weighted by atomic mass is 10.0. The normalized spacial score (nSPS) is 12.7. The average molecular weight is 295 g/mol. The summed E-state index contributed by atoms with van der Waals surface area (Å²) in [7, 11) is -3.80. The van der Waals surface area contributed by atoms with Crippen molar-refractivity contribution in [3.63, 3.8) is 0 Å². The minimum atomic E-state index is -3.80. The maximum atomic E-state index is 12.0. The molecule has 0 atom stereocenters. The molecular weight excluding hydrogens is 280 g/mol. The van der Waals surface area contributed by atoms with Gasteiger partial charge in [-0.1, -0.05) is 11.6 Å². The van der Waals surface area contributed by atoms with E-state index in [0.29, 0.717) is 0 Å². The van der Waals surface area contributed by atoms with E-state index in [0.717, 1.165) is 12.3 Å². The monoisotopic (exact) mass is 294 g/mol. The second-order valence-corrected chi connectivity index (χ2v) is 6.57. The molecule has 1 rings (SSSR count). The van der Waals surface area contributed by atoms with Crippen molar-refractivity contribution in [1.82, 2.24) is 9.71 Å². The fraction of sp³-hybridized carbons (Fsp3) is 0.500. The number of rotatable bonds is 5. The van der Waals surface area contributed by atoms with Crippen molar-refractivity contribution in [3.05, 3.63) is 27.6 Å². The molecule has 0 unspecified atom stereocenters. The topological polar surface area (TPSA) is 99.3 Å². The van der Waals surface area contributed by atoms with Crippen molar-refractivity contribution in [2.45, 2.75) is 30.7 Å². The Morgan fingerprint density at radius 1 is 1.50 bits per heavy atom. The van der Waals surface area contributed by atoms with Gasteiger partial charge in [-0.15, -0.1) is 0 Å². The van der Waals surface area contributed by atoms with Crippen LogP contribution in [0.5, 0.6) is 0 Å². The number of halogens is 1. The van der Waals surface area contributed by atoms with Crippen LogP contribution in [0.2, 0.25) is 5.02 Å². The SMILES string of the molecule is CC(C)(CCO)NS(=O)(=O)c1c[nH]c(=O)c(Cl)c1. The number of H-pyrrole nitrogens is 1. The Kier molecular flexibility index (Phi) is 4.55. The number of aliphatic hydroxyl groups is 1. The van der Waals surface area contributed by atoms with Crippen LogP contribution in [0.25, 0.3) is 0 Å². The molecule has 1 aromatic heterocycles. The predicted octanol–water partition coefficient (Wildman–Crippen LogP) is 0.468. The summed E-state index contributed by atoms with van der Waals surface area (Å²) < 4.78 is 26.5. The van der Waals surface area contributed by atoms with E-state index in [1.807, 2.05) is 0 Å². The molecule has 1 aromatic rings. The van der Waals surface area contributed by atoms with E-state index >= 15 is 0 Å². The smallest absolute Gasteiger partial charge is 0.266 e. The predicted molar refractivity (Wildman–Crippen MR) is 68.2 cm³/mol. The van der Waals surface area contributed by atoms with Gasteiger partial charge >= 0.3 is 0 Å². The zero-order valence-corrected chi connectivity index (χ0v) is 11.6. The third-order valence-corrected chi connectivity index (χ3v) is 4.25. The van der Waals surface area contributed by atoms with Gasteiger partial charge in [0.1, 0.15) is 5.02 Å². The molecule has 102 valence electrons. The first kappa shape index (κ1) is 15.2. The highest BCUT2D eigenvalue weighted by molar-refractivity contribution is 7.89. The van der Waals surface area contributed by atoms with Gasteiger partial charge in [-0.3, -0.25) is 4.79 Å². The molecule has 0 aliphatic rings. The van der Waals surface area contributed by atoms with E-state index in [1.54, 1.807) is 13.8 Å². The van der Waals surface area contributed by atoms with E-state index in [1.165, 1.54) is 0 Å². The quantitative estimate of drug-likeness (QED) is 0.735. The molecule has 0 saturated heterocycles. The molecule has 0 bridgehead atoms. The summed E-state index contributed by atoms with van der Waals surface area (Å²) in [6.45, 7) is 3.16. The van der Waals surface area contributed by atoms with Gasteiger partial charge in [-0.25, -0.2) is 13.1 Å². The maximum Gasteiger partial charge on any atom is 0.266 e. The maximum absolute atomic E-state index is 12.0. The first-order valence-corrected chi connectivity index (χ1v) is 7.07. The summed E-state index contributed by atoms with van der Waals surface area (Å²) in [4.78, 5) is 13.2. The summed E-state index contributed by atoms with van der Waals surface area (Å²) in [6.07, 6.45) is 1.34. The van der Waals surface area contributed by atoms with Crippen molar-refractivity contribution in [1.29, 1.82) is 0 Å². The number of pyridine rings is 1. The zero-order valence-electron chi connectivity index (χ0n) is 10.0. The van der Waals surface area contributed by atoms with Gasteiger partial charge < -0.3 is 10.1 Å². The number of aliphatic hydroxyl groups excluding tert-OH is 1. The fourth-order valence-electron chi connectivity index (χ4n) is 1.35. The van der Waals surface area contributed by atoms with Gasteiger partial charge in [0.25, 0.3) is 5.56 Å². The number of nitrogens with one attached hydrogen (secondary N) is 2. The van der Waals surface area contributed by atoms with Crippen LogP contribution in [-0.4, -0.2) is 30.7 Å². The third-order valence-electron chi connectivity index (χ3n) is 2.29. The largest absolute Gasteiger partial charge is 0.396 e. The highest BCUT2D eigenvalue weighted by Gasteiger charge is 2.26. The fourth-order valence-corrected chi connectivity index (χ4v) is 3.02. The highest BCUT2D eigenvalue weighted by atomic mass is 35.5. The molecule has 0 spiro atoms. The van der Waals surface area contributed by atoms with Crippen LogP contribution in [0.4, 0.5) is 0 Å². The third kappa shape index (κ3) is 3.81. The second kappa shape index (κ2) is 5.40. The van der Waals surface area contributed by atoms with Crippen LogP contribution >= 0.6 is 11.6 Å². The minimum absolute atomic E-state index is 0.127. The molecule has 0 aliphatic carbocycles.